The largest absolute Gasteiger partial charge is 0.349 e. The molecule has 96 valence electrons. The quantitative estimate of drug-likeness (QED) is 0.347. The van der Waals surface area contributed by atoms with Crippen molar-refractivity contribution >= 4 is 41.5 Å². The summed E-state index contributed by atoms with van der Waals surface area (Å²) >= 11 is 5.71. The number of hydrogen-bond acceptors (Lipinski definition) is 2. The molecular formula is C11H18ClIN4. The van der Waals surface area contributed by atoms with Crippen LogP contribution >= 0.6 is 35.6 Å². The second kappa shape index (κ2) is 7.71. The summed E-state index contributed by atoms with van der Waals surface area (Å²) in [6.07, 6.45) is 1.74. The maximum atomic E-state index is 5.71. The van der Waals surface area contributed by atoms with E-state index in [0.29, 0.717) is 11.7 Å². The van der Waals surface area contributed by atoms with Crippen LogP contribution in [-0.4, -0.2) is 48.9 Å². The van der Waals surface area contributed by atoms with Crippen molar-refractivity contribution in [1.29, 1.82) is 0 Å². The normalized spacial score (nSPS) is 9.24. The first-order valence-corrected chi connectivity index (χ1v) is 5.38. The second-order valence-corrected chi connectivity index (χ2v) is 4.28. The summed E-state index contributed by atoms with van der Waals surface area (Å²) in [5.41, 5.74) is 1.05. The van der Waals surface area contributed by atoms with Crippen LogP contribution < -0.4 is 0 Å². The Bertz CT molecular complexity index is 352. The van der Waals surface area contributed by atoms with Gasteiger partial charge < -0.3 is 9.80 Å². The monoisotopic (exact) mass is 368 g/mol. The molecule has 0 radical (unpaired) electrons. The van der Waals surface area contributed by atoms with E-state index < -0.39 is 0 Å². The van der Waals surface area contributed by atoms with Gasteiger partial charge in [0.1, 0.15) is 5.15 Å². The average molecular weight is 369 g/mol. The number of nitrogens with zero attached hydrogens (tertiary/aromatic N) is 4. The average Bonchev–Trinajstić information content (AvgIpc) is 2.20. The van der Waals surface area contributed by atoms with Gasteiger partial charge in [-0.3, -0.25) is 0 Å². The summed E-state index contributed by atoms with van der Waals surface area (Å²) in [4.78, 5) is 12.5. The van der Waals surface area contributed by atoms with E-state index in [0.717, 1.165) is 11.5 Å². The van der Waals surface area contributed by atoms with Gasteiger partial charge in [0.2, 0.25) is 0 Å². The first-order valence-electron chi connectivity index (χ1n) is 5.00. The summed E-state index contributed by atoms with van der Waals surface area (Å²) in [5, 5.41) is 0.508. The standard InChI is InChI=1S/C11H17ClN4.HI/c1-15(2)11(16(3)4)14-8-9-5-6-10(12)13-7-9;/h5-7H,8H2,1-4H3;1H. The number of aliphatic imine (C=N–C) groups is 1. The highest BCUT2D eigenvalue weighted by Gasteiger charge is 2.03. The SMILES string of the molecule is CN(C)C(=NCc1ccc(Cl)nc1)N(C)C.I. The summed E-state index contributed by atoms with van der Waals surface area (Å²) in [7, 11) is 7.88. The first kappa shape index (κ1) is 16.4. The highest BCUT2D eigenvalue weighted by atomic mass is 127. The zero-order valence-electron chi connectivity index (χ0n) is 10.5. The summed E-state index contributed by atoms with van der Waals surface area (Å²) in [6.45, 7) is 0.607. The van der Waals surface area contributed by atoms with Crippen LogP contribution in [0.15, 0.2) is 23.3 Å². The smallest absolute Gasteiger partial charge is 0.195 e. The number of rotatable bonds is 2. The molecule has 0 saturated heterocycles. The topological polar surface area (TPSA) is 31.7 Å². The van der Waals surface area contributed by atoms with Crippen molar-refractivity contribution in [2.45, 2.75) is 6.54 Å². The first-order chi connectivity index (χ1) is 7.50. The molecule has 0 unspecified atom stereocenters. The van der Waals surface area contributed by atoms with Crippen LogP contribution in [0.5, 0.6) is 0 Å². The Morgan fingerprint density at radius 3 is 2.24 bits per heavy atom. The molecule has 0 aliphatic heterocycles. The second-order valence-electron chi connectivity index (χ2n) is 3.89. The zero-order valence-corrected chi connectivity index (χ0v) is 13.6. The van der Waals surface area contributed by atoms with Crippen LogP contribution in [0.4, 0.5) is 0 Å². The third-order valence-corrected chi connectivity index (χ3v) is 2.22. The minimum Gasteiger partial charge on any atom is -0.349 e. The number of aromatic nitrogens is 1. The Labute approximate surface area is 125 Å². The molecule has 0 aliphatic rings. The maximum Gasteiger partial charge on any atom is 0.195 e. The predicted molar refractivity (Wildman–Crippen MR) is 83.2 cm³/mol. The lowest BCUT2D eigenvalue weighted by Gasteiger charge is -2.22. The molecule has 1 aromatic heterocycles. The molecule has 1 aromatic rings. The Hall–Kier alpha value is -0.560. The summed E-state index contributed by atoms with van der Waals surface area (Å²) < 4.78 is 0. The van der Waals surface area contributed by atoms with Crippen LogP contribution in [0.3, 0.4) is 0 Å². The van der Waals surface area contributed by atoms with Crippen molar-refractivity contribution in [3.8, 4) is 0 Å². The van der Waals surface area contributed by atoms with Crippen molar-refractivity contribution < 1.29 is 0 Å². The van der Waals surface area contributed by atoms with Gasteiger partial charge in [-0.25, -0.2) is 9.98 Å². The molecule has 0 spiro atoms. The fraction of sp³-hybridized carbons (Fsp3) is 0.455. The molecule has 0 saturated carbocycles. The molecule has 0 fully saturated rings. The van der Waals surface area contributed by atoms with Gasteiger partial charge in [0.15, 0.2) is 5.96 Å². The number of hydrogen-bond donors (Lipinski definition) is 0. The fourth-order valence-electron chi connectivity index (χ4n) is 1.34. The van der Waals surface area contributed by atoms with Gasteiger partial charge in [-0.05, 0) is 11.6 Å². The van der Waals surface area contributed by atoms with Crippen molar-refractivity contribution in [3.63, 3.8) is 0 Å². The van der Waals surface area contributed by atoms with Crippen LogP contribution in [-0.2, 0) is 6.54 Å². The molecule has 0 bridgehead atoms. The van der Waals surface area contributed by atoms with E-state index in [4.69, 9.17) is 11.6 Å². The fourth-order valence-corrected chi connectivity index (χ4v) is 1.46. The van der Waals surface area contributed by atoms with E-state index in [9.17, 15) is 0 Å². The molecule has 1 heterocycles. The maximum absolute atomic E-state index is 5.71. The van der Waals surface area contributed by atoms with Gasteiger partial charge in [-0.15, -0.1) is 24.0 Å². The van der Waals surface area contributed by atoms with Gasteiger partial charge >= 0.3 is 0 Å². The minimum absolute atomic E-state index is 0. The molecule has 1 rings (SSSR count). The van der Waals surface area contributed by atoms with Crippen LogP contribution in [0.2, 0.25) is 5.15 Å². The van der Waals surface area contributed by atoms with E-state index >= 15 is 0 Å². The van der Waals surface area contributed by atoms with Crippen molar-refractivity contribution in [3.05, 3.63) is 29.0 Å². The van der Waals surface area contributed by atoms with Crippen molar-refractivity contribution in [1.82, 2.24) is 14.8 Å². The lowest BCUT2D eigenvalue weighted by molar-refractivity contribution is 0.479. The van der Waals surface area contributed by atoms with Crippen LogP contribution in [0, 0.1) is 0 Å². The molecule has 6 heteroatoms. The molecule has 17 heavy (non-hydrogen) atoms. The lowest BCUT2D eigenvalue weighted by Crippen LogP contribution is -2.35. The molecule has 0 atom stereocenters. The third-order valence-electron chi connectivity index (χ3n) is 1.99. The molecule has 0 N–H and O–H groups in total. The van der Waals surface area contributed by atoms with Crippen molar-refractivity contribution in [2.75, 3.05) is 28.2 Å². The Morgan fingerprint density at radius 2 is 1.82 bits per heavy atom. The molecule has 0 amide bonds. The van der Waals surface area contributed by atoms with Crippen LogP contribution in [0.1, 0.15) is 5.56 Å². The molecule has 4 nitrogen and oxygen atoms in total. The molecule has 0 aromatic carbocycles. The van der Waals surface area contributed by atoms with E-state index in [-0.39, 0.29) is 24.0 Å². The predicted octanol–water partition coefficient (Wildman–Crippen LogP) is 2.33. The van der Waals surface area contributed by atoms with Gasteiger partial charge in [0.25, 0.3) is 0 Å². The minimum atomic E-state index is 0. The van der Waals surface area contributed by atoms with E-state index in [1.807, 2.05) is 44.1 Å². The third kappa shape index (κ3) is 5.54. The Kier molecular flexibility index (Phi) is 7.45. The van der Waals surface area contributed by atoms with Gasteiger partial charge in [0.05, 0.1) is 6.54 Å². The number of halogens is 2. The van der Waals surface area contributed by atoms with Gasteiger partial charge in [0, 0.05) is 34.4 Å². The number of guanidine groups is 1. The van der Waals surface area contributed by atoms with E-state index in [1.165, 1.54) is 0 Å². The Balaban J connectivity index is 0.00000256. The van der Waals surface area contributed by atoms with Crippen molar-refractivity contribution in [2.24, 2.45) is 4.99 Å². The van der Waals surface area contributed by atoms with Gasteiger partial charge in [-0.1, -0.05) is 17.7 Å². The highest BCUT2D eigenvalue weighted by Crippen LogP contribution is 2.06. The lowest BCUT2D eigenvalue weighted by atomic mass is 10.3. The number of pyridine rings is 1. The van der Waals surface area contributed by atoms with E-state index in [1.54, 1.807) is 12.3 Å². The zero-order chi connectivity index (χ0) is 12.1. The summed E-state index contributed by atoms with van der Waals surface area (Å²) in [6, 6.07) is 3.71. The molecular weight excluding hydrogens is 351 g/mol. The highest BCUT2D eigenvalue weighted by molar-refractivity contribution is 14.0. The Morgan fingerprint density at radius 1 is 1.24 bits per heavy atom. The van der Waals surface area contributed by atoms with Crippen LogP contribution in [0.25, 0.3) is 0 Å². The summed E-state index contributed by atoms with van der Waals surface area (Å²) in [5.74, 6) is 0.926. The van der Waals surface area contributed by atoms with Gasteiger partial charge in [-0.2, -0.15) is 0 Å². The van der Waals surface area contributed by atoms with E-state index in [2.05, 4.69) is 9.98 Å². The molecule has 0 aliphatic carbocycles.